The van der Waals surface area contributed by atoms with Gasteiger partial charge in [0.25, 0.3) is 0 Å². The molecule has 0 aromatic heterocycles. The number of benzene rings is 2. The molecule has 0 fully saturated rings. The largest absolute Gasteiger partial charge is 0.497 e. The second-order valence-electron chi connectivity index (χ2n) is 4.70. The molecule has 0 heterocycles. The number of halogens is 1. The van der Waals surface area contributed by atoms with Gasteiger partial charge >= 0.3 is 0 Å². The predicted octanol–water partition coefficient (Wildman–Crippen LogP) is 3.62. The number of rotatable bonds is 6. The summed E-state index contributed by atoms with van der Waals surface area (Å²) in [4.78, 5) is 0. The molecule has 0 saturated heterocycles. The van der Waals surface area contributed by atoms with E-state index in [1.165, 1.54) is 0 Å². The Bertz CT molecular complexity index is 591. The van der Waals surface area contributed by atoms with E-state index in [4.69, 9.17) is 9.47 Å². The lowest BCUT2D eigenvalue weighted by molar-refractivity contribution is 0.394. The average Bonchev–Trinajstić information content (AvgIpc) is 2.52. The van der Waals surface area contributed by atoms with Crippen LogP contribution >= 0.6 is 0 Å². The van der Waals surface area contributed by atoms with E-state index in [1.807, 2.05) is 13.0 Å². The maximum atomic E-state index is 14.3. The molecule has 0 amide bonds. The molecular weight excluding hydrogens is 269 g/mol. The number of methoxy groups -OCH3 is 2. The van der Waals surface area contributed by atoms with Crippen molar-refractivity contribution in [1.29, 1.82) is 0 Å². The lowest BCUT2D eigenvalue weighted by Crippen LogP contribution is -2.11. The first-order chi connectivity index (χ1) is 10.2. The molecule has 0 aliphatic heterocycles. The number of hydrogen-bond donors (Lipinski definition) is 1. The Labute approximate surface area is 124 Å². The van der Waals surface area contributed by atoms with E-state index in [-0.39, 0.29) is 5.82 Å². The van der Waals surface area contributed by atoms with Crippen LogP contribution in [0.2, 0.25) is 0 Å². The quantitative estimate of drug-likeness (QED) is 0.881. The van der Waals surface area contributed by atoms with Gasteiger partial charge in [-0.1, -0.05) is 19.1 Å². The summed E-state index contributed by atoms with van der Waals surface area (Å²) in [5.41, 5.74) is 2.19. The molecule has 112 valence electrons. The lowest BCUT2D eigenvalue weighted by atomic mass is 10.0. The lowest BCUT2D eigenvalue weighted by Gasteiger charge is -2.10. The van der Waals surface area contributed by atoms with Crippen LogP contribution in [0, 0.1) is 5.82 Å². The minimum Gasteiger partial charge on any atom is -0.497 e. The highest BCUT2D eigenvalue weighted by atomic mass is 19.1. The Morgan fingerprint density at radius 2 is 1.67 bits per heavy atom. The van der Waals surface area contributed by atoms with Crippen LogP contribution in [0.5, 0.6) is 11.5 Å². The first-order valence-electron chi connectivity index (χ1n) is 6.90. The fraction of sp³-hybridized carbons (Fsp3) is 0.294. The van der Waals surface area contributed by atoms with E-state index in [2.05, 4.69) is 5.32 Å². The van der Waals surface area contributed by atoms with Crippen molar-refractivity contribution in [2.24, 2.45) is 0 Å². The number of nitrogens with one attached hydrogen (secondary N) is 1. The summed E-state index contributed by atoms with van der Waals surface area (Å²) < 4.78 is 24.8. The molecule has 21 heavy (non-hydrogen) atoms. The van der Waals surface area contributed by atoms with Gasteiger partial charge in [-0.25, -0.2) is 4.39 Å². The summed E-state index contributed by atoms with van der Waals surface area (Å²) in [5, 5.41) is 3.18. The molecule has 2 rings (SSSR count). The van der Waals surface area contributed by atoms with E-state index >= 15 is 0 Å². The standard InChI is InChI=1S/C17H20FNO2/c1-4-19-11-12-5-6-16(17(18)7-12)13-8-14(20-2)10-15(9-13)21-3/h5-10,19H,4,11H2,1-3H3. The van der Waals surface area contributed by atoms with Crippen molar-refractivity contribution in [3.63, 3.8) is 0 Å². The van der Waals surface area contributed by atoms with Gasteiger partial charge in [-0.2, -0.15) is 0 Å². The highest BCUT2D eigenvalue weighted by Gasteiger charge is 2.09. The maximum absolute atomic E-state index is 14.3. The van der Waals surface area contributed by atoms with E-state index in [0.717, 1.165) is 17.7 Å². The third-order valence-electron chi connectivity index (χ3n) is 3.28. The fourth-order valence-electron chi connectivity index (χ4n) is 2.13. The summed E-state index contributed by atoms with van der Waals surface area (Å²) in [6.45, 7) is 3.54. The molecule has 0 spiro atoms. The van der Waals surface area contributed by atoms with Gasteiger partial charge in [-0.15, -0.1) is 0 Å². The average molecular weight is 289 g/mol. The zero-order valence-electron chi connectivity index (χ0n) is 12.6. The van der Waals surface area contributed by atoms with Gasteiger partial charge in [-0.3, -0.25) is 0 Å². The predicted molar refractivity (Wildman–Crippen MR) is 82.3 cm³/mol. The molecule has 0 aliphatic rings. The van der Waals surface area contributed by atoms with Gasteiger partial charge in [0.15, 0.2) is 0 Å². The topological polar surface area (TPSA) is 30.5 Å². The summed E-state index contributed by atoms with van der Waals surface area (Å²) in [6, 6.07) is 10.6. The Morgan fingerprint density at radius 1 is 1.00 bits per heavy atom. The molecule has 2 aromatic rings. The van der Waals surface area contributed by atoms with Crippen LogP contribution in [0.3, 0.4) is 0 Å². The van der Waals surface area contributed by atoms with E-state index in [9.17, 15) is 4.39 Å². The zero-order chi connectivity index (χ0) is 15.2. The second kappa shape index (κ2) is 7.09. The highest BCUT2D eigenvalue weighted by molar-refractivity contribution is 5.68. The fourth-order valence-corrected chi connectivity index (χ4v) is 2.13. The van der Waals surface area contributed by atoms with Crippen molar-refractivity contribution < 1.29 is 13.9 Å². The van der Waals surface area contributed by atoms with E-state index in [1.54, 1.807) is 44.6 Å². The minimum absolute atomic E-state index is 0.249. The molecule has 0 radical (unpaired) electrons. The molecule has 0 aliphatic carbocycles. The highest BCUT2D eigenvalue weighted by Crippen LogP contribution is 2.31. The molecule has 0 atom stereocenters. The van der Waals surface area contributed by atoms with E-state index in [0.29, 0.717) is 23.6 Å². The maximum Gasteiger partial charge on any atom is 0.131 e. The van der Waals surface area contributed by atoms with Gasteiger partial charge in [-0.05, 0) is 35.9 Å². The first-order valence-corrected chi connectivity index (χ1v) is 6.90. The number of hydrogen-bond acceptors (Lipinski definition) is 3. The van der Waals surface area contributed by atoms with Crippen LogP contribution in [-0.4, -0.2) is 20.8 Å². The Kier molecular flexibility index (Phi) is 5.17. The minimum atomic E-state index is -0.249. The molecule has 0 saturated carbocycles. The smallest absolute Gasteiger partial charge is 0.131 e. The Balaban J connectivity index is 2.37. The van der Waals surface area contributed by atoms with Crippen molar-refractivity contribution in [1.82, 2.24) is 5.32 Å². The van der Waals surface area contributed by atoms with Crippen LogP contribution < -0.4 is 14.8 Å². The van der Waals surface area contributed by atoms with Crippen molar-refractivity contribution >= 4 is 0 Å². The Hall–Kier alpha value is -2.07. The normalized spacial score (nSPS) is 10.5. The summed E-state index contributed by atoms with van der Waals surface area (Å²) in [6.07, 6.45) is 0. The van der Waals surface area contributed by atoms with Crippen LogP contribution in [0.25, 0.3) is 11.1 Å². The van der Waals surface area contributed by atoms with Crippen molar-refractivity contribution in [3.8, 4) is 22.6 Å². The van der Waals surface area contributed by atoms with E-state index < -0.39 is 0 Å². The molecule has 2 aromatic carbocycles. The van der Waals surface area contributed by atoms with Gasteiger partial charge < -0.3 is 14.8 Å². The Morgan fingerprint density at radius 3 is 2.19 bits per heavy atom. The summed E-state index contributed by atoms with van der Waals surface area (Å²) >= 11 is 0. The van der Waals surface area contributed by atoms with Crippen molar-refractivity contribution in [3.05, 3.63) is 47.8 Å². The van der Waals surface area contributed by atoms with Crippen LogP contribution in [-0.2, 0) is 6.54 Å². The van der Waals surface area contributed by atoms with Crippen LogP contribution in [0.1, 0.15) is 12.5 Å². The zero-order valence-corrected chi connectivity index (χ0v) is 12.6. The van der Waals surface area contributed by atoms with Gasteiger partial charge in [0.1, 0.15) is 17.3 Å². The SMILES string of the molecule is CCNCc1ccc(-c2cc(OC)cc(OC)c2)c(F)c1. The van der Waals surface area contributed by atoms with Gasteiger partial charge in [0.2, 0.25) is 0 Å². The molecule has 0 bridgehead atoms. The summed E-state index contributed by atoms with van der Waals surface area (Å²) in [7, 11) is 3.16. The van der Waals surface area contributed by atoms with Gasteiger partial charge in [0, 0.05) is 18.2 Å². The third-order valence-corrected chi connectivity index (χ3v) is 3.28. The molecule has 1 N–H and O–H groups in total. The number of ether oxygens (including phenoxy) is 2. The monoisotopic (exact) mass is 289 g/mol. The summed E-state index contributed by atoms with van der Waals surface area (Å²) in [5.74, 6) is 1.03. The van der Waals surface area contributed by atoms with Crippen LogP contribution in [0.15, 0.2) is 36.4 Å². The van der Waals surface area contributed by atoms with Crippen molar-refractivity contribution in [2.75, 3.05) is 20.8 Å². The molecule has 3 nitrogen and oxygen atoms in total. The van der Waals surface area contributed by atoms with Gasteiger partial charge in [0.05, 0.1) is 14.2 Å². The molecular formula is C17H20FNO2. The van der Waals surface area contributed by atoms with Crippen molar-refractivity contribution in [2.45, 2.75) is 13.5 Å². The third kappa shape index (κ3) is 3.73. The molecule has 0 unspecified atom stereocenters. The first kappa shape index (κ1) is 15.3. The second-order valence-corrected chi connectivity index (χ2v) is 4.70. The van der Waals surface area contributed by atoms with Crippen LogP contribution in [0.4, 0.5) is 4.39 Å². The molecule has 4 heteroatoms.